The van der Waals surface area contributed by atoms with Crippen LogP contribution in [0.5, 0.6) is 0 Å². The first kappa shape index (κ1) is 20.5. The first-order valence-electron chi connectivity index (χ1n) is 10.6. The van der Waals surface area contributed by atoms with Crippen molar-refractivity contribution in [2.24, 2.45) is 0 Å². The molecule has 8 heteroatoms. The third-order valence-electron chi connectivity index (χ3n) is 5.79. The number of nitrogens with one attached hydrogen (secondary N) is 2. The first-order valence-corrected chi connectivity index (χ1v) is 11.4. The number of rotatable bonds is 3. The third-order valence-corrected chi connectivity index (χ3v) is 6.99. The predicted octanol–water partition coefficient (Wildman–Crippen LogP) is 3.41. The number of ketones is 2. The number of Topliss-reactive ketones (excluding diaryl/α,β-unsaturated/α-hetero) is 2. The molecule has 1 aliphatic carbocycles. The van der Waals surface area contributed by atoms with E-state index < -0.39 is 0 Å². The van der Waals surface area contributed by atoms with Crippen molar-refractivity contribution in [2.45, 2.75) is 25.7 Å². The lowest BCUT2D eigenvalue weighted by Crippen LogP contribution is -2.45. The van der Waals surface area contributed by atoms with Gasteiger partial charge in [0.05, 0.1) is 15.2 Å². The zero-order valence-electron chi connectivity index (χ0n) is 17.6. The molecule has 1 aromatic heterocycles. The molecule has 1 amide bonds. The number of hydrazine groups is 1. The molecule has 0 saturated carbocycles. The van der Waals surface area contributed by atoms with Crippen LogP contribution in [0.4, 0.5) is 0 Å². The number of allylic oxidation sites excluding steroid dienone is 2. The minimum Gasteiger partial charge on any atom is -0.321 e. The SMILES string of the molecule is CC(=O)NC1=C(N2CCCC(c3nc4ccccc4s3)CN2)C(=O)c2ccccc2C1=O. The quantitative estimate of drug-likeness (QED) is 0.641. The Hall–Kier alpha value is -3.36. The lowest BCUT2D eigenvalue weighted by molar-refractivity contribution is -0.118. The van der Waals surface area contributed by atoms with Crippen molar-refractivity contribution in [1.82, 2.24) is 20.7 Å². The van der Waals surface area contributed by atoms with Crippen molar-refractivity contribution < 1.29 is 14.4 Å². The molecule has 1 unspecified atom stereocenters. The van der Waals surface area contributed by atoms with Gasteiger partial charge < -0.3 is 10.3 Å². The van der Waals surface area contributed by atoms with Crippen molar-refractivity contribution in [3.63, 3.8) is 0 Å². The number of benzene rings is 2. The Morgan fingerprint density at radius 3 is 2.56 bits per heavy atom. The molecule has 0 radical (unpaired) electrons. The van der Waals surface area contributed by atoms with Crippen LogP contribution < -0.4 is 10.7 Å². The van der Waals surface area contributed by atoms with Crippen molar-refractivity contribution in [2.75, 3.05) is 13.1 Å². The van der Waals surface area contributed by atoms with Gasteiger partial charge in [0.15, 0.2) is 0 Å². The second-order valence-corrected chi connectivity index (χ2v) is 9.04. The summed E-state index contributed by atoms with van der Waals surface area (Å²) in [6, 6.07) is 14.8. The van der Waals surface area contributed by atoms with Gasteiger partial charge in [0.1, 0.15) is 11.4 Å². The summed E-state index contributed by atoms with van der Waals surface area (Å²) in [5.41, 5.74) is 5.25. The van der Waals surface area contributed by atoms with E-state index in [9.17, 15) is 14.4 Å². The average molecular weight is 447 g/mol. The molecular weight excluding hydrogens is 424 g/mol. The monoisotopic (exact) mass is 446 g/mol. The van der Waals surface area contributed by atoms with Gasteiger partial charge in [-0.05, 0) is 25.0 Å². The van der Waals surface area contributed by atoms with Gasteiger partial charge in [-0.15, -0.1) is 11.3 Å². The molecule has 0 bridgehead atoms. The number of fused-ring (bicyclic) bond motifs is 2. The molecule has 1 fully saturated rings. The Kier molecular flexibility index (Phi) is 5.32. The van der Waals surface area contributed by atoms with E-state index in [0.717, 1.165) is 28.1 Å². The summed E-state index contributed by atoms with van der Waals surface area (Å²) in [6.07, 6.45) is 1.72. The van der Waals surface area contributed by atoms with Crippen molar-refractivity contribution >= 4 is 39.0 Å². The van der Waals surface area contributed by atoms with Crippen molar-refractivity contribution in [1.29, 1.82) is 0 Å². The van der Waals surface area contributed by atoms with Crippen LogP contribution in [0.1, 0.15) is 51.4 Å². The normalized spacial score (nSPS) is 19.2. The van der Waals surface area contributed by atoms with Crippen molar-refractivity contribution in [3.05, 3.63) is 76.1 Å². The topological polar surface area (TPSA) is 91.4 Å². The van der Waals surface area contributed by atoms with Gasteiger partial charge in [-0.25, -0.2) is 10.4 Å². The van der Waals surface area contributed by atoms with Crippen LogP contribution >= 0.6 is 11.3 Å². The summed E-state index contributed by atoms with van der Waals surface area (Å²) >= 11 is 1.69. The maximum absolute atomic E-state index is 13.4. The van der Waals surface area contributed by atoms with E-state index in [1.807, 2.05) is 18.2 Å². The zero-order valence-corrected chi connectivity index (χ0v) is 18.4. The largest absolute Gasteiger partial charge is 0.321 e. The molecule has 2 N–H and O–H groups in total. The van der Waals surface area contributed by atoms with Crippen LogP contribution in [-0.2, 0) is 4.79 Å². The predicted molar refractivity (Wildman–Crippen MR) is 122 cm³/mol. The highest BCUT2D eigenvalue weighted by molar-refractivity contribution is 7.18. The molecule has 7 nitrogen and oxygen atoms in total. The van der Waals surface area contributed by atoms with Gasteiger partial charge in [-0.3, -0.25) is 14.4 Å². The van der Waals surface area contributed by atoms with Gasteiger partial charge in [0.2, 0.25) is 17.5 Å². The molecule has 3 aromatic rings. The fourth-order valence-electron chi connectivity index (χ4n) is 4.28. The van der Waals surface area contributed by atoms with E-state index >= 15 is 0 Å². The number of hydrogen-bond acceptors (Lipinski definition) is 7. The fraction of sp³-hybridized carbons (Fsp3) is 0.250. The number of carbonyl (C=O) groups is 3. The van der Waals surface area contributed by atoms with E-state index in [0.29, 0.717) is 24.2 Å². The standard InChI is InChI=1S/C24H22N4O3S/c1-14(29)26-20-21(23(31)17-9-3-2-8-16(17)22(20)30)28-12-6-7-15(13-25-28)24-27-18-10-4-5-11-19(18)32-24/h2-5,8-11,15,25H,6-7,12-13H2,1H3,(H,26,29). The van der Waals surface area contributed by atoms with Crippen LogP contribution in [0, 0.1) is 0 Å². The Labute approximate surface area is 189 Å². The molecule has 0 spiro atoms. The number of thiazole rings is 1. The molecule has 2 heterocycles. The summed E-state index contributed by atoms with van der Waals surface area (Å²) in [4.78, 5) is 43.2. The smallest absolute Gasteiger partial charge is 0.221 e. The minimum absolute atomic E-state index is 0.0344. The first-order chi connectivity index (χ1) is 15.5. The number of hydrogen-bond donors (Lipinski definition) is 2. The van der Waals surface area contributed by atoms with Crippen LogP contribution in [0.3, 0.4) is 0 Å². The molecule has 1 atom stereocenters. The number of amides is 1. The number of aromatic nitrogens is 1. The van der Waals surface area contributed by atoms with E-state index in [1.54, 1.807) is 40.6 Å². The Morgan fingerprint density at radius 1 is 1.09 bits per heavy atom. The molecule has 5 rings (SSSR count). The van der Waals surface area contributed by atoms with Gasteiger partial charge in [0, 0.05) is 37.1 Å². The summed E-state index contributed by atoms with van der Waals surface area (Å²) in [5.74, 6) is -0.807. The molecular formula is C24H22N4O3S. The highest BCUT2D eigenvalue weighted by atomic mass is 32.1. The average Bonchev–Trinajstić information content (AvgIpc) is 3.08. The number of carbonyl (C=O) groups excluding carboxylic acids is 3. The Balaban J connectivity index is 1.46. The van der Waals surface area contributed by atoms with E-state index in [2.05, 4.69) is 16.8 Å². The molecule has 1 saturated heterocycles. The summed E-state index contributed by atoms with van der Waals surface area (Å²) in [7, 11) is 0. The molecule has 32 heavy (non-hydrogen) atoms. The number of para-hydroxylation sites is 1. The van der Waals surface area contributed by atoms with Gasteiger partial charge >= 0.3 is 0 Å². The molecule has 162 valence electrons. The van der Waals surface area contributed by atoms with Gasteiger partial charge in [0.25, 0.3) is 0 Å². The molecule has 2 aromatic carbocycles. The van der Waals surface area contributed by atoms with Crippen LogP contribution in [0.15, 0.2) is 59.9 Å². The zero-order chi connectivity index (χ0) is 22.2. The Morgan fingerprint density at radius 2 is 1.81 bits per heavy atom. The summed E-state index contributed by atoms with van der Waals surface area (Å²) in [6.45, 7) is 2.46. The van der Waals surface area contributed by atoms with Crippen LogP contribution in [0.2, 0.25) is 0 Å². The second kappa shape index (κ2) is 8.29. The highest BCUT2D eigenvalue weighted by Gasteiger charge is 2.36. The number of nitrogens with zero attached hydrogens (tertiary/aromatic N) is 2. The minimum atomic E-state index is -0.389. The fourth-order valence-corrected chi connectivity index (χ4v) is 5.38. The summed E-state index contributed by atoms with van der Waals surface area (Å²) in [5, 5.41) is 5.40. The molecule has 2 aliphatic rings. The van der Waals surface area contributed by atoms with E-state index in [4.69, 9.17) is 4.98 Å². The maximum Gasteiger partial charge on any atom is 0.221 e. The lowest BCUT2D eigenvalue weighted by Gasteiger charge is -2.30. The molecule has 1 aliphatic heterocycles. The van der Waals surface area contributed by atoms with Gasteiger partial charge in [-0.1, -0.05) is 36.4 Å². The highest BCUT2D eigenvalue weighted by Crippen LogP contribution is 2.33. The van der Waals surface area contributed by atoms with Crippen molar-refractivity contribution in [3.8, 4) is 0 Å². The van der Waals surface area contributed by atoms with E-state index in [-0.39, 0.29) is 34.8 Å². The third kappa shape index (κ3) is 3.61. The second-order valence-electron chi connectivity index (χ2n) is 7.98. The summed E-state index contributed by atoms with van der Waals surface area (Å²) < 4.78 is 1.16. The lowest BCUT2D eigenvalue weighted by atomic mass is 9.90. The Bertz CT molecular complexity index is 1250. The van der Waals surface area contributed by atoms with Gasteiger partial charge in [-0.2, -0.15) is 0 Å². The van der Waals surface area contributed by atoms with Crippen LogP contribution in [-0.4, -0.2) is 40.6 Å². The maximum atomic E-state index is 13.4. The van der Waals surface area contributed by atoms with Crippen LogP contribution in [0.25, 0.3) is 10.2 Å². The van der Waals surface area contributed by atoms with E-state index in [1.165, 1.54) is 6.92 Å².